The van der Waals surface area contributed by atoms with E-state index < -0.39 is 0 Å². The van der Waals surface area contributed by atoms with Gasteiger partial charge in [-0.3, -0.25) is 0 Å². The lowest BCUT2D eigenvalue weighted by molar-refractivity contribution is 0.411. The van der Waals surface area contributed by atoms with Crippen LogP contribution in [-0.2, 0) is 6.42 Å². The van der Waals surface area contributed by atoms with Crippen molar-refractivity contribution in [3.05, 3.63) is 53.3 Å². The molecule has 0 atom stereocenters. The highest BCUT2D eigenvalue weighted by atomic mass is 16.3. The number of hydrogen-bond acceptors (Lipinski definition) is 2. The molecule has 1 aromatic carbocycles. The topological polar surface area (TPSA) is 46.2 Å². The number of nitrogens with two attached hydrogens (primary N) is 1. The average molecular weight is 160 g/mol. The van der Waals surface area contributed by atoms with Crippen molar-refractivity contribution >= 4 is 0 Å². The van der Waals surface area contributed by atoms with Crippen molar-refractivity contribution < 1.29 is 5.11 Å². The van der Waals surface area contributed by atoms with Crippen LogP contribution in [0, 0.1) is 6.42 Å². The molecule has 1 aliphatic rings. The SMILES string of the molecule is NC1=C(O)[CH]c2ccccc2C1. The van der Waals surface area contributed by atoms with Gasteiger partial charge in [0.25, 0.3) is 0 Å². The molecule has 1 radical (unpaired) electrons. The zero-order valence-corrected chi connectivity index (χ0v) is 6.62. The van der Waals surface area contributed by atoms with Crippen molar-refractivity contribution in [3.8, 4) is 0 Å². The molecule has 2 heteroatoms. The fourth-order valence-corrected chi connectivity index (χ4v) is 1.37. The zero-order chi connectivity index (χ0) is 8.55. The molecule has 61 valence electrons. The van der Waals surface area contributed by atoms with Gasteiger partial charge in [-0.15, -0.1) is 0 Å². The van der Waals surface area contributed by atoms with Crippen molar-refractivity contribution in [3.63, 3.8) is 0 Å². The van der Waals surface area contributed by atoms with Gasteiger partial charge in [0.15, 0.2) is 0 Å². The Morgan fingerprint density at radius 3 is 2.83 bits per heavy atom. The van der Waals surface area contributed by atoms with Crippen molar-refractivity contribution in [1.29, 1.82) is 0 Å². The molecule has 0 aliphatic heterocycles. The Hall–Kier alpha value is -1.44. The van der Waals surface area contributed by atoms with Crippen molar-refractivity contribution in [2.75, 3.05) is 0 Å². The molecular formula is C10H10NO. The maximum absolute atomic E-state index is 9.32. The Kier molecular flexibility index (Phi) is 1.54. The summed E-state index contributed by atoms with van der Waals surface area (Å²) in [6, 6.07) is 7.91. The normalized spacial score (nSPS) is 16.0. The minimum atomic E-state index is 0.203. The molecular weight excluding hydrogens is 150 g/mol. The first-order chi connectivity index (χ1) is 5.77. The first-order valence-electron chi connectivity index (χ1n) is 3.87. The van der Waals surface area contributed by atoms with Crippen LogP contribution in [0.3, 0.4) is 0 Å². The van der Waals surface area contributed by atoms with Gasteiger partial charge in [-0.2, -0.15) is 0 Å². The second kappa shape index (κ2) is 2.55. The molecule has 1 aromatic rings. The van der Waals surface area contributed by atoms with E-state index in [2.05, 4.69) is 0 Å². The third-order valence-electron chi connectivity index (χ3n) is 2.06. The fourth-order valence-electron chi connectivity index (χ4n) is 1.37. The Bertz CT molecular complexity index is 308. The second-order valence-corrected chi connectivity index (χ2v) is 2.93. The number of rotatable bonds is 0. The molecule has 0 bridgehead atoms. The van der Waals surface area contributed by atoms with Gasteiger partial charge >= 0.3 is 0 Å². The second-order valence-electron chi connectivity index (χ2n) is 2.93. The summed E-state index contributed by atoms with van der Waals surface area (Å²) >= 11 is 0. The minimum absolute atomic E-state index is 0.203. The maximum atomic E-state index is 9.32. The molecule has 2 rings (SSSR count). The Morgan fingerprint density at radius 1 is 1.25 bits per heavy atom. The lowest BCUT2D eigenvalue weighted by atomic mass is 9.94. The van der Waals surface area contributed by atoms with E-state index >= 15 is 0 Å². The predicted octanol–water partition coefficient (Wildman–Crippen LogP) is 1.52. The number of hydrogen-bond donors (Lipinski definition) is 2. The van der Waals surface area contributed by atoms with Crippen LogP contribution in [0.25, 0.3) is 0 Å². The summed E-state index contributed by atoms with van der Waals surface area (Å²) in [6.07, 6.45) is 2.35. The molecule has 0 spiro atoms. The van der Waals surface area contributed by atoms with Crippen molar-refractivity contribution in [1.82, 2.24) is 0 Å². The number of fused-ring (bicyclic) bond motifs is 1. The molecule has 2 nitrogen and oxygen atoms in total. The Balaban J connectivity index is 2.43. The van der Waals surface area contributed by atoms with Gasteiger partial charge in [0, 0.05) is 6.42 Å². The molecule has 0 heterocycles. The summed E-state index contributed by atoms with van der Waals surface area (Å²) in [5.74, 6) is 0.203. The van der Waals surface area contributed by atoms with Gasteiger partial charge < -0.3 is 10.8 Å². The van der Waals surface area contributed by atoms with E-state index in [1.165, 1.54) is 5.56 Å². The van der Waals surface area contributed by atoms with Crippen molar-refractivity contribution in [2.24, 2.45) is 5.73 Å². The number of aliphatic hydroxyl groups excluding tert-OH is 1. The predicted molar refractivity (Wildman–Crippen MR) is 47.4 cm³/mol. The molecule has 0 saturated carbocycles. The standard InChI is InChI=1S/C10H10NO/c11-9-5-7-3-1-2-4-8(7)6-10(9)12/h1-4,6,12H,5,11H2. The van der Waals surface area contributed by atoms with E-state index in [0.29, 0.717) is 12.1 Å². The smallest absolute Gasteiger partial charge is 0.120 e. The lowest BCUT2D eigenvalue weighted by Crippen LogP contribution is -2.12. The van der Waals surface area contributed by atoms with E-state index in [9.17, 15) is 5.11 Å². The number of aliphatic hydroxyl groups is 1. The first kappa shape index (κ1) is 7.22. The van der Waals surface area contributed by atoms with Crippen LogP contribution in [0.4, 0.5) is 0 Å². The minimum Gasteiger partial charge on any atom is -0.510 e. The molecule has 0 amide bonds. The Morgan fingerprint density at radius 2 is 2.00 bits per heavy atom. The fraction of sp³-hybridized carbons (Fsp3) is 0.100. The van der Waals surface area contributed by atoms with Crippen LogP contribution < -0.4 is 5.73 Å². The summed E-state index contributed by atoms with van der Waals surface area (Å²) < 4.78 is 0. The van der Waals surface area contributed by atoms with Gasteiger partial charge in [0.2, 0.25) is 0 Å². The first-order valence-corrected chi connectivity index (χ1v) is 3.87. The van der Waals surface area contributed by atoms with E-state index in [1.54, 1.807) is 6.42 Å². The van der Waals surface area contributed by atoms with Gasteiger partial charge in [0.05, 0.1) is 12.1 Å². The summed E-state index contributed by atoms with van der Waals surface area (Å²) in [7, 11) is 0. The van der Waals surface area contributed by atoms with Gasteiger partial charge in [-0.25, -0.2) is 0 Å². The van der Waals surface area contributed by atoms with E-state index in [-0.39, 0.29) is 5.76 Å². The largest absolute Gasteiger partial charge is 0.510 e. The summed E-state index contributed by atoms with van der Waals surface area (Å²) in [4.78, 5) is 0. The van der Waals surface area contributed by atoms with Crippen LogP contribution in [0.5, 0.6) is 0 Å². The molecule has 3 N–H and O–H groups in total. The molecule has 12 heavy (non-hydrogen) atoms. The highest BCUT2D eigenvalue weighted by molar-refractivity contribution is 5.45. The molecule has 0 fully saturated rings. The molecule has 0 unspecified atom stereocenters. The van der Waals surface area contributed by atoms with Gasteiger partial charge in [-0.05, 0) is 11.1 Å². The molecule has 1 aliphatic carbocycles. The monoisotopic (exact) mass is 160 g/mol. The highest BCUT2D eigenvalue weighted by Crippen LogP contribution is 2.23. The van der Waals surface area contributed by atoms with Crippen molar-refractivity contribution in [2.45, 2.75) is 6.42 Å². The molecule has 0 saturated heterocycles. The number of allylic oxidation sites excluding steroid dienone is 2. The van der Waals surface area contributed by atoms with Crippen LogP contribution in [0.2, 0.25) is 0 Å². The summed E-state index contributed by atoms with van der Waals surface area (Å²) in [5.41, 5.74) is 8.37. The molecule has 0 aromatic heterocycles. The van der Waals surface area contributed by atoms with E-state index in [4.69, 9.17) is 5.73 Å². The van der Waals surface area contributed by atoms with Gasteiger partial charge in [-0.1, -0.05) is 24.3 Å². The van der Waals surface area contributed by atoms with Gasteiger partial charge in [0.1, 0.15) is 5.76 Å². The maximum Gasteiger partial charge on any atom is 0.120 e. The van der Waals surface area contributed by atoms with E-state index in [1.807, 2.05) is 24.3 Å². The highest BCUT2D eigenvalue weighted by Gasteiger charge is 2.14. The number of benzene rings is 1. The van der Waals surface area contributed by atoms with E-state index in [0.717, 1.165) is 5.56 Å². The average Bonchev–Trinajstić information content (AvgIpc) is 2.07. The Labute approximate surface area is 71.3 Å². The van der Waals surface area contributed by atoms with Crippen LogP contribution >= 0.6 is 0 Å². The summed E-state index contributed by atoms with van der Waals surface area (Å²) in [6.45, 7) is 0. The van der Waals surface area contributed by atoms with Crippen LogP contribution in [-0.4, -0.2) is 5.11 Å². The zero-order valence-electron chi connectivity index (χ0n) is 6.62. The summed E-state index contributed by atoms with van der Waals surface area (Å²) in [5, 5.41) is 9.32. The lowest BCUT2D eigenvalue weighted by Gasteiger charge is -2.15. The third kappa shape index (κ3) is 1.05. The third-order valence-corrected chi connectivity index (χ3v) is 2.06. The quantitative estimate of drug-likeness (QED) is 0.604. The van der Waals surface area contributed by atoms with Crippen LogP contribution in [0.1, 0.15) is 11.1 Å². The van der Waals surface area contributed by atoms with Crippen LogP contribution in [0.15, 0.2) is 35.7 Å².